The molecule has 2 aliphatic rings. The van der Waals surface area contributed by atoms with E-state index in [1.807, 2.05) is 70.5 Å². The molecule has 6 nitrogen and oxygen atoms in total. The quantitative estimate of drug-likeness (QED) is 0.751. The number of likely N-dealkylation sites (tertiary alicyclic amines) is 2. The molecule has 2 aromatic carbocycles. The molecular weight excluding hydrogens is 402 g/mol. The van der Waals surface area contributed by atoms with Crippen LogP contribution >= 0.6 is 0 Å². The first-order chi connectivity index (χ1) is 15.6. The number of hydrogen-bond acceptors (Lipinski definition) is 3. The van der Waals surface area contributed by atoms with E-state index in [-0.39, 0.29) is 17.9 Å². The third kappa shape index (κ3) is 5.61. The first-order valence-corrected chi connectivity index (χ1v) is 11.6. The number of carbonyl (C=O) groups is 2. The molecule has 0 radical (unpaired) electrons. The predicted octanol–water partition coefficient (Wildman–Crippen LogP) is 3.78. The van der Waals surface area contributed by atoms with Gasteiger partial charge in [-0.25, -0.2) is 4.79 Å². The fraction of sp³-hybridized carbons (Fsp3) is 0.462. The van der Waals surface area contributed by atoms with E-state index in [4.69, 9.17) is 4.74 Å². The van der Waals surface area contributed by atoms with Gasteiger partial charge in [-0.2, -0.15) is 0 Å². The van der Waals surface area contributed by atoms with Gasteiger partial charge in [-0.3, -0.25) is 4.79 Å². The number of nitrogens with zero attached hydrogens (tertiary/aromatic N) is 2. The van der Waals surface area contributed by atoms with Crippen molar-refractivity contribution in [3.8, 4) is 5.75 Å². The Morgan fingerprint density at radius 3 is 2.25 bits per heavy atom. The molecule has 0 bridgehead atoms. The maximum atomic E-state index is 12.9. The summed E-state index contributed by atoms with van der Waals surface area (Å²) in [5.41, 5.74) is 1.09. The van der Waals surface area contributed by atoms with E-state index in [1.54, 1.807) is 6.92 Å². The van der Waals surface area contributed by atoms with Gasteiger partial charge in [-0.05, 0) is 42.4 Å². The van der Waals surface area contributed by atoms with E-state index in [2.05, 4.69) is 5.32 Å². The monoisotopic (exact) mass is 435 g/mol. The van der Waals surface area contributed by atoms with Gasteiger partial charge in [0.2, 0.25) is 5.91 Å². The van der Waals surface area contributed by atoms with Gasteiger partial charge in [0.15, 0.2) is 0 Å². The van der Waals surface area contributed by atoms with E-state index in [0.29, 0.717) is 31.5 Å². The number of benzene rings is 2. The van der Waals surface area contributed by atoms with Gasteiger partial charge < -0.3 is 19.9 Å². The van der Waals surface area contributed by atoms with E-state index in [1.165, 1.54) is 0 Å². The number of amides is 3. The van der Waals surface area contributed by atoms with E-state index in [0.717, 1.165) is 43.8 Å². The summed E-state index contributed by atoms with van der Waals surface area (Å²) >= 11 is 0. The molecule has 3 amide bonds. The summed E-state index contributed by atoms with van der Waals surface area (Å²) in [6.07, 6.45) is 1.98. The van der Waals surface area contributed by atoms with Crippen molar-refractivity contribution in [1.82, 2.24) is 15.1 Å². The van der Waals surface area contributed by atoms with Crippen LogP contribution < -0.4 is 10.1 Å². The van der Waals surface area contributed by atoms with Crippen LogP contribution in [0.25, 0.3) is 0 Å². The van der Waals surface area contributed by atoms with E-state index in [9.17, 15) is 9.59 Å². The lowest BCUT2D eigenvalue weighted by molar-refractivity contribution is -0.130. The Bertz CT molecular complexity index is 882. The molecule has 32 heavy (non-hydrogen) atoms. The van der Waals surface area contributed by atoms with Crippen LogP contribution in [-0.4, -0.2) is 54.5 Å². The average Bonchev–Trinajstić information content (AvgIpc) is 3.27. The highest BCUT2D eigenvalue weighted by molar-refractivity contribution is 5.74. The van der Waals surface area contributed by atoms with Crippen LogP contribution in [0.3, 0.4) is 0 Å². The van der Waals surface area contributed by atoms with Gasteiger partial charge in [-0.15, -0.1) is 0 Å². The van der Waals surface area contributed by atoms with Crippen molar-refractivity contribution >= 4 is 11.9 Å². The third-order valence-corrected chi connectivity index (χ3v) is 6.86. The van der Waals surface area contributed by atoms with E-state index >= 15 is 0 Å². The van der Waals surface area contributed by atoms with Crippen molar-refractivity contribution in [1.29, 1.82) is 0 Å². The topological polar surface area (TPSA) is 61.9 Å². The minimum Gasteiger partial charge on any atom is -0.493 e. The van der Waals surface area contributed by atoms with Gasteiger partial charge in [0, 0.05) is 45.6 Å². The minimum absolute atomic E-state index is 0.0118. The molecule has 0 unspecified atom stereocenters. The number of hydrogen-bond donors (Lipinski definition) is 1. The number of rotatable bonds is 6. The molecule has 4 rings (SSSR count). The molecule has 2 fully saturated rings. The van der Waals surface area contributed by atoms with E-state index < -0.39 is 0 Å². The van der Waals surface area contributed by atoms with Crippen molar-refractivity contribution < 1.29 is 14.3 Å². The summed E-state index contributed by atoms with van der Waals surface area (Å²) in [5.74, 6) is 2.19. The molecule has 2 heterocycles. The van der Waals surface area contributed by atoms with Crippen molar-refractivity contribution in [2.24, 2.45) is 17.8 Å². The molecule has 2 atom stereocenters. The highest BCUT2D eigenvalue weighted by Crippen LogP contribution is 2.36. The SMILES string of the molecule is CC(=O)N1CCC([C@@H]2CN(C(=O)NCc3ccccc3)C[C@H]2COc2ccccc2)CC1. The Hall–Kier alpha value is -3.02. The Morgan fingerprint density at radius 2 is 1.59 bits per heavy atom. The second-order valence-corrected chi connectivity index (χ2v) is 8.94. The molecule has 2 aromatic rings. The van der Waals surface area contributed by atoms with Crippen molar-refractivity contribution in [3.05, 3.63) is 66.2 Å². The number of nitrogens with one attached hydrogen (secondary N) is 1. The summed E-state index contributed by atoms with van der Waals surface area (Å²) in [6.45, 7) is 5.84. The molecular formula is C26H33N3O3. The minimum atomic E-state index is -0.0118. The van der Waals surface area contributed by atoms with Crippen LogP contribution in [0, 0.1) is 17.8 Å². The standard InChI is InChI=1S/C26H33N3O3/c1-20(30)28-14-12-22(13-15-28)25-18-29(26(31)27-16-21-8-4-2-5-9-21)17-23(25)19-32-24-10-6-3-7-11-24/h2-11,22-23,25H,12-19H2,1H3,(H,27,31)/t23-,25-/m0/s1. The molecule has 0 spiro atoms. The summed E-state index contributed by atoms with van der Waals surface area (Å²) in [6, 6.07) is 19.8. The van der Waals surface area contributed by atoms with Crippen LogP contribution in [0.15, 0.2) is 60.7 Å². The predicted molar refractivity (Wildman–Crippen MR) is 124 cm³/mol. The highest BCUT2D eigenvalue weighted by atomic mass is 16.5. The maximum absolute atomic E-state index is 12.9. The second-order valence-electron chi connectivity index (χ2n) is 8.94. The lowest BCUT2D eigenvalue weighted by Crippen LogP contribution is -2.41. The van der Waals surface area contributed by atoms with Crippen LogP contribution in [-0.2, 0) is 11.3 Å². The highest BCUT2D eigenvalue weighted by Gasteiger charge is 2.41. The largest absolute Gasteiger partial charge is 0.493 e. The lowest BCUT2D eigenvalue weighted by atomic mass is 9.79. The first-order valence-electron chi connectivity index (χ1n) is 11.6. The zero-order chi connectivity index (χ0) is 22.3. The summed E-state index contributed by atoms with van der Waals surface area (Å²) in [7, 11) is 0. The van der Waals surface area contributed by atoms with Crippen LogP contribution in [0.1, 0.15) is 25.3 Å². The van der Waals surface area contributed by atoms with Gasteiger partial charge in [0.05, 0.1) is 6.61 Å². The van der Waals surface area contributed by atoms with Crippen LogP contribution in [0.5, 0.6) is 5.75 Å². The Morgan fingerprint density at radius 1 is 0.938 bits per heavy atom. The maximum Gasteiger partial charge on any atom is 0.317 e. The lowest BCUT2D eigenvalue weighted by Gasteiger charge is -2.36. The van der Waals surface area contributed by atoms with Gasteiger partial charge in [0.1, 0.15) is 5.75 Å². The number of ether oxygens (including phenoxy) is 1. The van der Waals surface area contributed by atoms with Crippen molar-refractivity contribution in [2.75, 3.05) is 32.8 Å². The number of urea groups is 1. The molecule has 170 valence electrons. The molecule has 0 aliphatic carbocycles. The molecule has 6 heteroatoms. The van der Waals surface area contributed by atoms with Crippen LogP contribution in [0.2, 0.25) is 0 Å². The molecule has 2 aliphatic heterocycles. The zero-order valence-corrected chi connectivity index (χ0v) is 18.8. The van der Waals surface area contributed by atoms with Gasteiger partial charge in [0.25, 0.3) is 0 Å². The molecule has 2 saturated heterocycles. The summed E-state index contributed by atoms with van der Waals surface area (Å²) in [5, 5.41) is 3.07. The zero-order valence-electron chi connectivity index (χ0n) is 18.8. The number of carbonyl (C=O) groups excluding carboxylic acids is 2. The third-order valence-electron chi connectivity index (χ3n) is 6.86. The second kappa shape index (κ2) is 10.5. The van der Waals surface area contributed by atoms with Gasteiger partial charge >= 0.3 is 6.03 Å². The summed E-state index contributed by atoms with van der Waals surface area (Å²) in [4.78, 5) is 28.5. The number of para-hydroxylation sites is 1. The van der Waals surface area contributed by atoms with Crippen LogP contribution in [0.4, 0.5) is 4.79 Å². The summed E-state index contributed by atoms with van der Waals surface area (Å²) < 4.78 is 6.10. The first kappa shape index (κ1) is 22.2. The smallest absolute Gasteiger partial charge is 0.317 e. The molecule has 0 aromatic heterocycles. The fourth-order valence-electron chi connectivity index (χ4n) is 5.02. The normalized spacial score (nSPS) is 21.4. The van der Waals surface area contributed by atoms with Crippen molar-refractivity contribution in [2.45, 2.75) is 26.3 Å². The Labute approximate surface area is 190 Å². The molecule has 1 N–H and O–H groups in total. The Kier molecular flexibility index (Phi) is 7.30. The van der Waals surface area contributed by atoms with Crippen molar-refractivity contribution in [3.63, 3.8) is 0 Å². The Balaban J connectivity index is 1.38. The van der Waals surface area contributed by atoms with Gasteiger partial charge in [-0.1, -0.05) is 48.5 Å². The average molecular weight is 436 g/mol. The number of piperidine rings is 1. The fourth-order valence-corrected chi connectivity index (χ4v) is 5.02. The molecule has 0 saturated carbocycles.